The zero-order chi connectivity index (χ0) is 18.8. The summed E-state index contributed by atoms with van der Waals surface area (Å²) >= 11 is 3.53. The highest BCUT2D eigenvalue weighted by atomic mass is 79.9. The Kier molecular flexibility index (Phi) is 8.22. The van der Waals surface area contributed by atoms with Crippen LogP contribution in [0.5, 0.6) is 11.5 Å². The topological polar surface area (TPSA) is 47.6 Å². The Labute approximate surface area is 163 Å². The van der Waals surface area contributed by atoms with Gasteiger partial charge < -0.3 is 14.8 Å². The number of hydrogen-bond acceptors (Lipinski definition) is 3. The average molecular weight is 418 g/mol. The van der Waals surface area contributed by atoms with E-state index >= 15 is 0 Å². The number of amides is 1. The lowest BCUT2D eigenvalue weighted by molar-refractivity contribution is -0.116. The Hall–Kier alpha value is -2.27. The summed E-state index contributed by atoms with van der Waals surface area (Å²) in [6, 6.07) is 13.7. The number of benzene rings is 2. The summed E-state index contributed by atoms with van der Waals surface area (Å²) in [7, 11) is 1.60. The number of carbonyl (C=O) groups is 1. The highest BCUT2D eigenvalue weighted by molar-refractivity contribution is 9.10. The summed E-state index contributed by atoms with van der Waals surface area (Å²) in [5.74, 6) is 1.15. The van der Waals surface area contributed by atoms with Crippen molar-refractivity contribution in [3.63, 3.8) is 0 Å². The number of carbonyl (C=O) groups excluding carboxylic acids is 1. The minimum atomic E-state index is -0.0991. The maximum Gasteiger partial charge on any atom is 0.243 e. The fourth-order valence-corrected chi connectivity index (χ4v) is 2.90. The summed E-state index contributed by atoms with van der Waals surface area (Å²) < 4.78 is 12.1. The number of ether oxygens (including phenoxy) is 2. The van der Waals surface area contributed by atoms with Gasteiger partial charge in [0.05, 0.1) is 11.6 Å². The summed E-state index contributed by atoms with van der Waals surface area (Å²) in [5, 5.41) is 2.85. The van der Waals surface area contributed by atoms with Gasteiger partial charge in [0.25, 0.3) is 0 Å². The van der Waals surface area contributed by atoms with Gasteiger partial charge in [-0.25, -0.2) is 0 Å². The second kappa shape index (κ2) is 10.7. The van der Waals surface area contributed by atoms with Gasteiger partial charge in [-0.3, -0.25) is 4.79 Å². The quantitative estimate of drug-likeness (QED) is 0.462. The highest BCUT2D eigenvalue weighted by Crippen LogP contribution is 2.37. The summed E-state index contributed by atoms with van der Waals surface area (Å²) in [6.45, 7) is 3.23. The molecular weight excluding hydrogens is 394 g/mol. The smallest absolute Gasteiger partial charge is 0.243 e. The molecule has 0 fully saturated rings. The van der Waals surface area contributed by atoms with E-state index in [-0.39, 0.29) is 5.91 Å². The van der Waals surface area contributed by atoms with E-state index < -0.39 is 0 Å². The van der Waals surface area contributed by atoms with Crippen LogP contribution >= 0.6 is 15.9 Å². The second-order valence-corrected chi connectivity index (χ2v) is 6.64. The van der Waals surface area contributed by atoms with Crippen molar-refractivity contribution in [3.8, 4) is 11.5 Å². The molecule has 0 aliphatic carbocycles. The monoisotopic (exact) mass is 417 g/mol. The van der Waals surface area contributed by atoms with Crippen LogP contribution in [0.15, 0.2) is 53.0 Å². The molecule has 0 aromatic heterocycles. The van der Waals surface area contributed by atoms with Crippen LogP contribution in [-0.4, -0.2) is 19.6 Å². The van der Waals surface area contributed by atoms with E-state index in [1.807, 2.05) is 42.5 Å². The molecule has 138 valence electrons. The van der Waals surface area contributed by atoms with Crippen molar-refractivity contribution in [1.82, 2.24) is 5.32 Å². The summed E-state index contributed by atoms with van der Waals surface area (Å²) in [5.41, 5.74) is 1.93. The first kappa shape index (κ1) is 20.0. The molecule has 26 heavy (non-hydrogen) atoms. The van der Waals surface area contributed by atoms with Gasteiger partial charge in [0.1, 0.15) is 6.61 Å². The molecule has 0 radical (unpaired) electrons. The molecule has 0 saturated heterocycles. The molecule has 0 spiro atoms. The van der Waals surface area contributed by atoms with E-state index in [2.05, 4.69) is 28.2 Å². The minimum absolute atomic E-state index is 0.0991. The van der Waals surface area contributed by atoms with E-state index in [0.29, 0.717) is 24.7 Å². The molecule has 1 N–H and O–H groups in total. The Morgan fingerprint density at radius 3 is 2.69 bits per heavy atom. The number of unbranched alkanes of at least 4 members (excludes halogenated alkanes) is 1. The van der Waals surface area contributed by atoms with Crippen LogP contribution in [0.3, 0.4) is 0 Å². The van der Waals surface area contributed by atoms with Crippen molar-refractivity contribution in [2.45, 2.75) is 26.4 Å². The van der Waals surface area contributed by atoms with Crippen LogP contribution in [0.2, 0.25) is 0 Å². The van der Waals surface area contributed by atoms with E-state index in [9.17, 15) is 4.79 Å². The molecule has 4 nitrogen and oxygen atoms in total. The average Bonchev–Trinajstić information content (AvgIpc) is 2.66. The second-order valence-electron chi connectivity index (χ2n) is 5.79. The molecule has 0 unspecified atom stereocenters. The fraction of sp³-hybridized carbons (Fsp3) is 0.286. The third kappa shape index (κ3) is 6.23. The zero-order valence-corrected chi connectivity index (χ0v) is 16.7. The fourth-order valence-electron chi connectivity index (χ4n) is 2.33. The van der Waals surface area contributed by atoms with Gasteiger partial charge in [-0.2, -0.15) is 0 Å². The minimum Gasteiger partial charge on any atom is -0.493 e. The molecule has 0 aliphatic rings. The molecule has 2 aromatic rings. The summed E-state index contributed by atoms with van der Waals surface area (Å²) in [4.78, 5) is 11.8. The molecule has 0 bridgehead atoms. The number of hydrogen-bond donors (Lipinski definition) is 1. The Morgan fingerprint density at radius 1 is 1.23 bits per heavy atom. The lowest BCUT2D eigenvalue weighted by Crippen LogP contribution is -2.21. The van der Waals surface area contributed by atoms with E-state index in [4.69, 9.17) is 9.47 Å². The molecule has 2 aromatic carbocycles. The number of nitrogens with one attached hydrogen (secondary N) is 1. The lowest BCUT2D eigenvalue weighted by Gasteiger charge is -2.13. The molecule has 0 saturated carbocycles. The van der Waals surface area contributed by atoms with Crippen molar-refractivity contribution >= 4 is 27.9 Å². The number of rotatable bonds is 9. The normalized spacial score (nSPS) is 10.7. The molecule has 0 heterocycles. The van der Waals surface area contributed by atoms with Gasteiger partial charge in [-0.1, -0.05) is 43.7 Å². The summed E-state index contributed by atoms with van der Waals surface area (Å²) in [6.07, 6.45) is 5.32. The maximum absolute atomic E-state index is 11.8. The van der Waals surface area contributed by atoms with Gasteiger partial charge in [0.15, 0.2) is 11.5 Å². The predicted molar refractivity (Wildman–Crippen MR) is 108 cm³/mol. The van der Waals surface area contributed by atoms with Gasteiger partial charge in [0.2, 0.25) is 5.91 Å². The third-order valence-corrected chi connectivity index (χ3v) is 4.32. The molecule has 5 heteroatoms. The van der Waals surface area contributed by atoms with Crippen LogP contribution in [0.1, 0.15) is 30.9 Å². The Morgan fingerprint density at radius 2 is 2.00 bits per heavy atom. The van der Waals surface area contributed by atoms with E-state index in [0.717, 1.165) is 28.4 Å². The van der Waals surface area contributed by atoms with Gasteiger partial charge in [-0.15, -0.1) is 0 Å². The Bertz CT molecular complexity index is 744. The first-order chi connectivity index (χ1) is 12.6. The first-order valence-electron chi connectivity index (χ1n) is 8.64. The number of methoxy groups -OCH3 is 1. The highest BCUT2D eigenvalue weighted by Gasteiger charge is 2.11. The first-order valence-corrected chi connectivity index (χ1v) is 9.43. The van der Waals surface area contributed by atoms with Crippen molar-refractivity contribution in [2.75, 3.05) is 13.7 Å². The van der Waals surface area contributed by atoms with Crippen molar-refractivity contribution in [3.05, 3.63) is 64.1 Å². The molecule has 1 amide bonds. The van der Waals surface area contributed by atoms with Gasteiger partial charge >= 0.3 is 0 Å². The van der Waals surface area contributed by atoms with Crippen LogP contribution in [0.25, 0.3) is 6.08 Å². The predicted octanol–water partition coefficient (Wildman–Crippen LogP) is 4.97. The van der Waals surface area contributed by atoms with Gasteiger partial charge in [-0.05, 0) is 51.7 Å². The van der Waals surface area contributed by atoms with Crippen molar-refractivity contribution in [2.24, 2.45) is 0 Å². The molecule has 2 rings (SSSR count). The lowest BCUT2D eigenvalue weighted by atomic mass is 10.2. The third-order valence-electron chi connectivity index (χ3n) is 3.73. The van der Waals surface area contributed by atoms with Crippen molar-refractivity contribution < 1.29 is 14.3 Å². The van der Waals surface area contributed by atoms with Crippen LogP contribution in [0.4, 0.5) is 0 Å². The molecule has 0 aliphatic heterocycles. The largest absolute Gasteiger partial charge is 0.493 e. The number of halogens is 1. The standard InChI is InChI=1S/C21H24BrNO3/c1-3-4-12-23-20(24)11-10-17-13-18(22)21(19(14-17)25-2)26-15-16-8-6-5-7-9-16/h5-11,13-14H,3-4,12,15H2,1-2H3,(H,23,24)/b11-10+. The van der Waals surface area contributed by atoms with Crippen LogP contribution < -0.4 is 14.8 Å². The van der Waals surface area contributed by atoms with Gasteiger partial charge in [0, 0.05) is 12.6 Å². The van der Waals surface area contributed by atoms with Crippen LogP contribution in [-0.2, 0) is 11.4 Å². The van der Waals surface area contributed by atoms with Crippen LogP contribution in [0, 0.1) is 0 Å². The Balaban J connectivity index is 2.07. The van der Waals surface area contributed by atoms with E-state index in [1.165, 1.54) is 6.08 Å². The molecular formula is C21H24BrNO3. The van der Waals surface area contributed by atoms with E-state index in [1.54, 1.807) is 13.2 Å². The zero-order valence-electron chi connectivity index (χ0n) is 15.1. The van der Waals surface area contributed by atoms with Crippen molar-refractivity contribution in [1.29, 1.82) is 0 Å². The SMILES string of the molecule is CCCCNC(=O)/C=C/c1cc(Br)c(OCc2ccccc2)c(OC)c1. The maximum atomic E-state index is 11.8. The molecule has 0 atom stereocenters.